The van der Waals surface area contributed by atoms with Crippen LogP contribution < -0.4 is 21.6 Å². The molecule has 42 heavy (non-hydrogen) atoms. The third-order valence-corrected chi connectivity index (χ3v) is 7.73. The standard InChI is InChI=1S/C29H29ClF3N9/c1-5-17-13-34-25-19(24(17)35-16-27(2,3)4)11-18(12-21(25)30)38-26(20-14-37-42-23(20)7-6-10-36-42)22-15-41(40-39-22)28(8-9-28)29(31,32)33/h1,6-7,10-15,26,38-40H,8-9,16H2,2-4H3,(H,34,35)/t26-/m0/s1. The van der Waals surface area contributed by atoms with Crippen LogP contribution in [0.4, 0.5) is 24.5 Å². The molecule has 1 aromatic carbocycles. The van der Waals surface area contributed by atoms with Gasteiger partial charge in [0.05, 0.1) is 45.2 Å². The first-order chi connectivity index (χ1) is 19.9. The molecule has 4 heterocycles. The highest BCUT2D eigenvalue weighted by molar-refractivity contribution is 6.35. The summed E-state index contributed by atoms with van der Waals surface area (Å²) in [6.07, 6.45) is 7.74. The predicted molar refractivity (Wildman–Crippen MR) is 156 cm³/mol. The van der Waals surface area contributed by atoms with Gasteiger partial charge >= 0.3 is 6.18 Å². The molecule has 4 N–H and O–H groups in total. The van der Waals surface area contributed by atoms with Crippen LogP contribution in [-0.2, 0) is 0 Å². The van der Waals surface area contributed by atoms with E-state index in [0.717, 1.165) is 10.7 Å². The number of anilines is 2. The summed E-state index contributed by atoms with van der Waals surface area (Å²) in [4.78, 5) is 4.50. The largest absolute Gasteiger partial charge is 0.413 e. The van der Waals surface area contributed by atoms with E-state index in [-0.39, 0.29) is 18.3 Å². The van der Waals surface area contributed by atoms with Crippen molar-refractivity contribution in [3.63, 3.8) is 0 Å². The van der Waals surface area contributed by atoms with Crippen molar-refractivity contribution < 1.29 is 13.2 Å². The minimum absolute atomic E-state index is 0.00280. The molecule has 1 fully saturated rings. The number of hydrogen-bond acceptors (Lipinski definition) is 8. The van der Waals surface area contributed by atoms with Gasteiger partial charge in [-0.3, -0.25) is 9.99 Å². The molecule has 13 heteroatoms. The molecule has 0 saturated heterocycles. The summed E-state index contributed by atoms with van der Waals surface area (Å²) in [5.41, 5.74) is 8.01. The molecule has 0 unspecified atom stereocenters. The first-order valence-corrected chi connectivity index (χ1v) is 13.8. The molecule has 1 saturated carbocycles. The van der Waals surface area contributed by atoms with E-state index in [2.05, 4.69) is 63.5 Å². The fourth-order valence-electron chi connectivity index (χ4n) is 5.04. The number of benzene rings is 1. The van der Waals surface area contributed by atoms with Gasteiger partial charge in [-0.15, -0.1) is 12.0 Å². The number of aromatic nitrogens is 4. The third kappa shape index (κ3) is 4.92. The van der Waals surface area contributed by atoms with Crippen LogP contribution in [0.1, 0.15) is 50.8 Å². The number of hydrogen-bond donors (Lipinski definition) is 4. The minimum atomic E-state index is -4.39. The highest BCUT2D eigenvalue weighted by Crippen LogP contribution is 2.53. The Bertz CT molecular complexity index is 1750. The van der Waals surface area contributed by atoms with Crippen LogP contribution in [-0.4, -0.2) is 43.1 Å². The van der Waals surface area contributed by atoms with Crippen LogP contribution in [0.15, 0.2) is 54.8 Å². The van der Waals surface area contributed by atoms with E-state index in [9.17, 15) is 13.2 Å². The van der Waals surface area contributed by atoms with Crippen molar-refractivity contribution in [1.82, 2.24) is 35.8 Å². The monoisotopic (exact) mass is 595 g/mol. The Balaban J connectivity index is 1.44. The third-order valence-electron chi connectivity index (χ3n) is 7.44. The summed E-state index contributed by atoms with van der Waals surface area (Å²) in [5, 5.41) is 17.7. The lowest BCUT2D eigenvalue weighted by Gasteiger charge is -2.28. The second kappa shape index (κ2) is 9.96. The average Bonchev–Trinajstić information content (AvgIpc) is 3.43. The van der Waals surface area contributed by atoms with Crippen molar-refractivity contribution in [3.05, 3.63) is 70.9 Å². The van der Waals surface area contributed by atoms with Crippen molar-refractivity contribution >= 4 is 39.4 Å². The van der Waals surface area contributed by atoms with E-state index in [1.807, 2.05) is 12.1 Å². The van der Waals surface area contributed by atoms with Gasteiger partial charge in [-0.1, -0.05) is 38.3 Å². The fourth-order valence-corrected chi connectivity index (χ4v) is 5.31. The van der Waals surface area contributed by atoms with E-state index in [1.54, 1.807) is 30.7 Å². The molecule has 1 aliphatic carbocycles. The molecule has 3 aromatic heterocycles. The Morgan fingerprint density at radius 1 is 1.19 bits per heavy atom. The highest BCUT2D eigenvalue weighted by atomic mass is 35.5. The fraction of sp³-hybridized carbons (Fsp3) is 0.345. The van der Waals surface area contributed by atoms with Crippen LogP contribution in [0, 0.1) is 17.8 Å². The first-order valence-electron chi connectivity index (χ1n) is 13.4. The molecule has 2 aliphatic rings. The predicted octanol–water partition coefficient (Wildman–Crippen LogP) is 5.78. The molecule has 1 atom stereocenters. The number of halogens is 4. The van der Waals surface area contributed by atoms with Gasteiger partial charge < -0.3 is 16.1 Å². The maximum atomic E-state index is 13.9. The van der Waals surface area contributed by atoms with Gasteiger partial charge in [0.1, 0.15) is 0 Å². The molecule has 9 nitrogen and oxygen atoms in total. The molecule has 0 bridgehead atoms. The molecule has 0 amide bonds. The molecule has 0 radical (unpaired) electrons. The lowest BCUT2D eigenvalue weighted by Crippen LogP contribution is -2.52. The molecular formula is C29H29ClF3N9. The Morgan fingerprint density at radius 3 is 2.67 bits per heavy atom. The lowest BCUT2D eigenvalue weighted by atomic mass is 9.96. The van der Waals surface area contributed by atoms with Crippen molar-refractivity contribution in [2.75, 3.05) is 17.2 Å². The van der Waals surface area contributed by atoms with Crippen molar-refractivity contribution in [1.29, 1.82) is 0 Å². The maximum absolute atomic E-state index is 13.9. The number of nitrogens with zero attached hydrogens (tertiary/aromatic N) is 5. The number of nitrogens with one attached hydrogen (secondary N) is 4. The Labute approximate surface area is 245 Å². The highest BCUT2D eigenvalue weighted by Gasteiger charge is 2.67. The summed E-state index contributed by atoms with van der Waals surface area (Å²) >= 11 is 6.74. The number of pyridine rings is 1. The van der Waals surface area contributed by atoms with Gasteiger partial charge in [0.2, 0.25) is 0 Å². The van der Waals surface area contributed by atoms with Gasteiger partial charge in [0, 0.05) is 41.8 Å². The summed E-state index contributed by atoms with van der Waals surface area (Å²) in [5.74, 6) is 2.70. The second-order valence-corrected chi connectivity index (χ2v) is 12.2. The smallest absolute Gasteiger partial charge is 0.383 e. The summed E-state index contributed by atoms with van der Waals surface area (Å²) in [6, 6.07) is 6.57. The van der Waals surface area contributed by atoms with Gasteiger partial charge in [0.25, 0.3) is 0 Å². The van der Waals surface area contributed by atoms with Gasteiger partial charge in [-0.2, -0.15) is 28.0 Å². The lowest BCUT2D eigenvalue weighted by molar-refractivity contribution is -0.195. The molecule has 4 aromatic rings. The molecule has 0 spiro atoms. The quantitative estimate of drug-likeness (QED) is 0.200. The zero-order valence-corrected chi connectivity index (χ0v) is 23.9. The second-order valence-electron chi connectivity index (χ2n) is 11.8. The molecule has 218 valence electrons. The van der Waals surface area contributed by atoms with E-state index >= 15 is 0 Å². The van der Waals surface area contributed by atoms with Crippen molar-refractivity contribution in [2.45, 2.75) is 51.4 Å². The van der Waals surface area contributed by atoms with E-state index in [0.29, 0.717) is 50.5 Å². The zero-order valence-electron chi connectivity index (χ0n) is 23.1. The Hall–Kier alpha value is -4.21. The molecule has 1 aliphatic heterocycles. The van der Waals surface area contributed by atoms with E-state index < -0.39 is 17.8 Å². The van der Waals surface area contributed by atoms with Crippen LogP contribution >= 0.6 is 11.6 Å². The topological polar surface area (TPSA) is 94.4 Å². The van der Waals surface area contributed by atoms with Crippen LogP contribution in [0.3, 0.4) is 0 Å². The van der Waals surface area contributed by atoms with E-state index in [1.165, 1.54) is 10.8 Å². The Morgan fingerprint density at radius 2 is 1.98 bits per heavy atom. The number of hydrazine groups is 2. The molecular weight excluding hydrogens is 567 g/mol. The SMILES string of the molecule is C#Cc1cnc2c(Cl)cc(N[C@H](C3=CN(C4(C(F)(F)F)CC4)NN3)c3cnn4ncccc34)cc2c1NCC(C)(C)C. The van der Waals surface area contributed by atoms with Crippen LogP contribution in [0.2, 0.25) is 5.02 Å². The summed E-state index contributed by atoms with van der Waals surface area (Å²) < 4.78 is 43.2. The van der Waals surface area contributed by atoms with E-state index in [4.69, 9.17) is 18.0 Å². The van der Waals surface area contributed by atoms with Crippen molar-refractivity contribution in [3.8, 4) is 12.3 Å². The number of fused-ring (bicyclic) bond motifs is 2. The Kier molecular flexibility index (Phi) is 6.62. The maximum Gasteiger partial charge on any atom is 0.413 e. The van der Waals surface area contributed by atoms with Gasteiger partial charge in [-0.25, -0.2) is 0 Å². The number of rotatable bonds is 7. The number of terminal acetylenes is 1. The van der Waals surface area contributed by atoms with Crippen molar-refractivity contribution in [2.24, 2.45) is 5.41 Å². The number of alkyl halides is 3. The van der Waals surface area contributed by atoms with Gasteiger partial charge in [0.15, 0.2) is 5.54 Å². The first kappa shape index (κ1) is 27.9. The van der Waals surface area contributed by atoms with Crippen LogP contribution in [0.25, 0.3) is 16.4 Å². The zero-order chi connectivity index (χ0) is 29.9. The minimum Gasteiger partial charge on any atom is -0.383 e. The van der Waals surface area contributed by atoms with Crippen LogP contribution in [0.5, 0.6) is 0 Å². The summed E-state index contributed by atoms with van der Waals surface area (Å²) in [7, 11) is 0. The molecule has 6 rings (SSSR count). The van der Waals surface area contributed by atoms with Gasteiger partial charge in [-0.05, 0) is 42.5 Å². The average molecular weight is 596 g/mol. The summed E-state index contributed by atoms with van der Waals surface area (Å²) in [6.45, 7) is 6.98. The normalized spacial score (nSPS) is 17.1.